The zero-order chi connectivity index (χ0) is 13.9. The highest BCUT2D eigenvalue weighted by Gasteiger charge is 2.29. The topological polar surface area (TPSA) is 58.6 Å². The van der Waals surface area contributed by atoms with Crippen LogP contribution in [0.4, 0.5) is 0 Å². The number of ether oxygens (including phenoxy) is 1. The van der Waals surface area contributed by atoms with Crippen LogP contribution in [-0.4, -0.2) is 65.0 Å². The van der Waals surface area contributed by atoms with E-state index in [0.717, 1.165) is 32.2 Å². The number of carbonyl (C=O) groups is 1. The molecule has 1 aliphatic carbocycles. The molecule has 3 rings (SSSR count). The van der Waals surface area contributed by atoms with Crippen LogP contribution in [0.1, 0.15) is 29.8 Å². The lowest BCUT2D eigenvalue weighted by molar-refractivity contribution is 0.0450. The number of rotatable bonds is 3. The SMILES string of the molecule is COc1cc(C(=O)N2CCN(C3CCC3)CC2)ncn1. The summed E-state index contributed by atoms with van der Waals surface area (Å²) >= 11 is 0. The van der Waals surface area contributed by atoms with E-state index in [1.54, 1.807) is 6.07 Å². The molecule has 0 unspecified atom stereocenters. The van der Waals surface area contributed by atoms with E-state index in [4.69, 9.17) is 4.74 Å². The first-order valence-corrected chi connectivity index (χ1v) is 7.17. The molecule has 1 aliphatic heterocycles. The van der Waals surface area contributed by atoms with Gasteiger partial charge in [-0.3, -0.25) is 9.69 Å². The molecule has 1 saturated heterocycles. The van der Waals surface area contributed by atoms with Crippen molar-refractivity contribution in [1.82, 2.24) is 19.8 Å². The van der Waals surface area contributed by atoms with Crippen molar-refractivity contribution < 1.29 is 9.53 Å². The van der Waals surface area contributed by atoms with Crippen LogP contribution in [0.5, 0.6) is 5.88 Å². The van der Waals surface area contributed by atoms with Crippen LogP contribution in [0.25, 0.3) is 0 Å². The third-order valence-electron chi connectivity index (χ3n) is 4.26. The third kappa shape index (κ3) is 2.60. The Morgan fingerprint density at radius 2 is 2.00 bits per heavy atom. The van der Waals surface area contributed by atoms with Gasteiger partial charge in [0.15, 0.2) is 0 Å². The standard InChI is InChI=1S/C14H20N4O2/c1-20-13-9-12(15-10-16-13)14(19)18-7-5-17(6-8-18)11-3-2-4-11/h9-11H,2-8H2,1H3. The van der Waals surface area contributed by atoms with Crippen molar-refractivity contribution in [1.29, 1.82) is 0 Å². The predicted molar refractivity (Wildman–Crippen MR) is 73.7 cm³/mol. The molecule has 0 atom stereocenters. The number of aromatic nitrogens is 2. The fraction of sp³-hybridized carbons (Fsp3) is 0.643. The van der Waals surface area contributed by atoms with Crippen molar-refractivity contribution in [3.8, 4) is 5.88 Å². The number of carbonyl (C=O) groups excluding carboxylic acids is 1. The smallest absolute Gasteiger partial charge is 0.272 e. The maximum atomic E-state index is 12.4. The van der Waals surface area contributed by atoms with Crippen molar-refractivity contribution in [2.45, 2.75) is 25.3 Å². The van der Waals surface area contributed by atoms with Crippen molar-refractivity contribution in [2.75, 3.05) is 33.3 Å². The second-order valence-electron chi connectivity index (χ2n) is 5.36. The third-order valence-corrected chi connectivity index (χ3v) is 4.26. The van der Waals surface area contributed by atoms with Gasteiger partial charge in [-0.05, 0) is 12.8 Å². The van der Waals surface area contributed by atoms with Gasteiger partial charge >= 0.3 is 0 Å². The zero-order valence-corrected chi connectivity index (χ0v) is 11.8. The molecule has 0 spiro atoms. The highest BCUT2D eigenvalue weighted by molar-refractivity contribution is 5.92. The lowest BCUT2D eigenvalue weighted by Crippen LogP contribution is -2.53. The van der Waals surface area contributed by atoms with Crippen LogP contribution >= 0.6 is 0 Å². The summed E-state index contributed by atoms with van der Waals surface area (Å²) in [6.45, 7) is 3.50. The fourth-order valence-electron chi connectivity index (χ4n) is 2.77. The van der Waals surface area contributed by atoms with Gasteiger partial charge in [0.05, 0.1) is 7.11 Å². The number of piperazine rings is 1. The summed E-state index contributed by atoms with van der Waals surface area (Å²) in [5.74, 6) is 0.399. The van der Waals surface area contributed by atoms with E-state index >= 15 is 0 Å². The Kier molecular flexibility index (Phi) is 3.82. The molecule has 20 heavy (non-hydrogen) atoms. The van der Waals surface area contributed by atoms with E-state index in [9.17, 15) is 4.79 Å². The second-order valence-corrected chi connectivity index (χ2v) is 5.36. The molecule has 0 radical (unpaired) electrons. The molecule has 1 amide bonds. The minimum absolute atomic E-state index is 0.0287. The highest BCUT2D eigenvalue weighted by Crippen LogP contribution is 2.25. The summed E-state index contributed by atoms with van der Waals surface area (Å²) in [4.78, 5) is 24.7. The van der Waals surface area contributed by atoms with Crippen molar-refractivity contribution in [2.24, 2.45) is 0 Å². The quantitative estimate of drug-likeness (QED) is 0.817. The molecule has 1 aromatic heterocycles. The fourth-order valence-corrected chi connectivity index (χ4v) is 2.77. The summed E-state index contributed by atoms with van der Waals surface area (Å²) in [6.07, 6.45) is 5.36. The van der Waals surface area contributed by atoms with E-state index in [1.807, 2.05) is 4.90 Å². The van der Waals surface area contributed by atoms with E-state index in [2.05, 4.69) is 14.9 Å². The normalized spacial score (nSPS) is 20.6. The molecule has 6 nitrogen and oxygen atoms in total. The Bertz CT molecular complexity index is 482. The predicted octanol–water partition coefficient (Wildman–Crippen LogP) is 0.795. The molecule has 0 N–H and O–H groups in total. The maximum absolute atomic E-state index is 12.4. The summed E-state index contributed by atoms with van der Waals surface area (Å²) in [7, 11) is 1.54. The van der Waals surface area contributed by atoms with E-state index in [1.165, 1.54) is 32.7 Å². The lowest BCUT2D eigenvalue weighted by Gasteiger charge is -2.42. The maximum Gasteiger partial charge on any atom is 0.272 e. The number of hydrogen-bond acceptors (Lipinski definition) is 5. The van der Waals surface area contributed by atoms with Crippen molar-refractivity contribution >= 4 is 5.91 Å². The molecule has 0 bridgehead atoms. The molecule has 2 aliphatic rings. The second kappa shape index (κ2) is 5.75. The van der Waals surface area contributed by atoms with Gasteiger partial charge in [0.1, 0.15) is 12.0 Å². The molecule has 2 heterocycles. The van der Waals surface area contributed by atoms with Crippen LogP contribution in [0.15, 0.2) is 12.4 Å². The number of nitrogens with zero attached hydrogens (tertiary/aromatic N) is 4. The highest BCUT2D eigenvalue weighted by atomic mass is 16.5. The Morgan fingerprint density at radius 1 is 1.25 bits per heavy atom. The van der Waals surface area contributed by atoms with Gasteiger partial charge in [0, 0.05) is 38.3 Å². The molecule has 2 fully saturated rings. The Hall–Kier alpha value is -1.69. The first-order valence-electron chi connectivity index (χ1n) is 7.17. The summed E-state index contributed by atoms with van der Waals surface area (Å²) in [5, 5.41) is 0. The summed E-state index contributed by atoms with van der Waals surface area (Å²) in [5.41, 5.74) is 0.411. The van der Waals surface area contributed by atoms with Gasteiger partial charge in [0.25, 0.3) is 5.91 Å². The summed E-state index contributed by atoms with van der Waals surface area (Å²) < 4.78 is 5.03. The average Bonchev–Trinajstić information content (AvgIpc) is 2.45. The van der Waals surface area contributed by atoms with E-state index in [0.29, 0.717) is 11.6 Å². The van der Waals surface area contributed by atoms with Crippen LogP contribution in [0, 0.1) is 0 Å². The van der Waals surface area contributed by atoms with Gasteiger partial charge in [-0.15, -0.1) is 0 Å². The van der Waals surface area contributed by atoms with Gasteiger partial charge in [-0.1, -0.05) is 6.42 Å². The molecule has 108 valence electrons. The first kappa shape index (κ1) is 13.3. The molecule has 6 heteroatoms. The average molecular weight is 276 g/mol. The van der Waals surface area contributed by atoms with Gasteiger partial charge in [0.2, 0.25) is 5.88 Å². The van der Waals surface area contributed by atoms with Crippen molar-refractivity contribution in [3.63, 3.8) is 0 Å². The number of amides is 1. The zero-order valence-electron chi connectivity index (χ0n) is 11.8. The van der Waals surface area contributed by atoms with Gasteiger partial charge < -0.3 is 9.64 Å². The molecular weight excluding hydrogens is 256 g/mol. The Morgan fingerprint density at radius 3 is 2.60 bits per heavy atom. The molecular formula is C14H20N4O2. The largest absolute Gasteiger partial charge is 0.481 e. The van der Waals surface area contributed by atoms with Gasteiger partial charge in [-0.2, -0.15) is 0 Å². The Labute approximate surface area is 118 Å². The van der Waals surface area contributed by atoms with Gasteiger partial charge in [-0.25, -0.2) is 9.97 Å². The van der Waals surface area contributed by atoms with Crippen LogP contribution in [0.2, 0.25) is 0 Å². The monoisotopic (exact) mass is 276 g/mol. The number of methoxy groups -OCH3 is 1. The lowest BCUT2D eigenvalue weighted by atomic mass is 9.91. The molecule has 1 aromatic rings. The molecule has 0 aromatic carbocycles. The molecule has 1 saturated carbocycles. The minimum Gasteiger partial charge on any atom is -0.481 e. The summed E-state index contributed by atoms with van der Waals surface area (Å²) in [6, 6.07) is 2.35. The van der Waals surface area contributed by atoms with E-state index < -0.39 is 0 Å². The minimum atomic E-state index is -0.0287. The van der Waals surface area contributed by atoms with E-state index in [-0.39, 0.29) is 5.91 Å². The van der Waals surface area contributed by atoms with Crippen LogP contribution in [0.3, 0.4) is 0 Å². The number of hydrogen-bond donors (Lipinski definition) is 0. The first-order chi connectivity index (χ1) is 9.78. The Balaban J connectivity index is 1.60. The van der Waals surface area contributed by atoms with Crippen LogP contribution < -0.4 is 4.74 Å². The van der Waals surface area contributed by atoms with Crippen molar-refractivity contribution in [3.05, 3.63) is 18.1 Å². The van der Waals surface area contributed by atoms with Crippen LogP contribution in [-0.2, 0) is 0 Å².